The van der Waals surface area contributed by atoms with E-state index >= 15 is 0 Å². The Hall–Kier alpha value is -3.36. The molecule has 0 amide bonds. The van der Waals surface area contributed by atoms with Gasteiger partial charge in [-0.25, -0.2) is 0 Å². The van der Waals surface area contributed by atoms with Crippen molar-refractivity contribution >= 4 is 10.9 Å². The van der Waals surface area contributed by atoms with E-state index in [1.807, 2.05) is 24.3 Å². The number of nitrogens with zero attached hydrogens (tertiary/aromatic N) is 3. The summed E-state index contributed by atoms with van der Waals surface area (Å²) < 4.78 is 47.6. The number of aromatic nitrogens is 2. The van der Waals surface area contributed by atoms with Crippen molar-refractivity contribution in [2.45, 2.75) is 19.3 Å². The van der Waals surface area contributed by atoms with E-state index in [1.165, 1.54) is 16.7 Å². The van der Waals surface area contributed by atoms with Crippen molar-refractivity contribution in [2.24, 2.45) is 0 Å². The highest BCUT2D eigenvalue weighted by molar-refractivity contribution is 5.98. The first-order valence-electron chi connectivity index (χ1n) is 11.1. The molecule has 34 heavy (non-hydrogen) atoms. The lowest BCUT2D eigenvalue weighted by Crippen LogP contribution is -2.35. The summed E-state index contributed by atoms with van der Waals surface area (Å²) in [5, 5.41) is 11.9. The molecule has 0 unspecified atom stereocenters. The fourth-order valence-corrected chi connectivity index (χ4v) is 4.49. The predicted molar refractivity (Wildman–Crippen MR) is 123 cm³/mol. The van der Waals surface area contributed by atoms with Gasteiger partial charge in [0.15, 0.2) is 0 Å². The number of aromatic hydroxyl groups is 1. The number of fused-ring (bicyclic) bond motifs is 1. The number of halogens is 3. The zero-order valence-corrected chi connectivity index (χ0v) is 18.4. The van der Waals surface area contributed by atoms with E-state index in [4.69, 9.17) is 4.74 Å². The Balaban J connectivity index is 1.51. The largest absolute Gasteiger partial charge is 0.494 e. The first kappa shape index (κ1) is 22.4. The summed E-state index contributed by atoms with van der Waals surface area (Å²) in [6.45, 7) is 3.83. The fraction of sp³-hybridized carbons (Fsp3) is 0.269. The summed E-state index contributed by atoms with van der Waals surface area (Å²) in [6, 6.07) is 16.6. The lowest BCUT2D eigenvalue weighted by atomic mass is 10.1. The number of para-hydroxylation sites is 1. The quantitative estimate of drug-likeness (QED) is 0.432. The van der Waals surface area contributed by atoms with Gasteiger partial charge in [0, 0.05) is 31.2 Å². The van der Waals surface area contributed by atoms with E-state index in [0.717, 1.165) is 49.9 Å². The number of hydrogen-bond donors (Lipinski definition) is 1. The Morgan fingerprint density at radius 2 is 1.65 bits per heavy atom. The summed E-state index contributed by atoms with van der Waals surface area (Å²) in [7, 11) is 0. The summed E-state index contributed by atoms with van der Waals surface area (Å²) >= 11 is 0. The van der Waals surface area contributed by atoms with Gasteiger partial charge < -0.3 is 14.4 Å². The molecule has 4 aromatic rings. The number of alkyl halides is 3. The van der Waals surface area contributed by atoms with Gasteiger partial charge in [-0.3, -0.25) is 9.88 Å². The van der Waals surface area contributed by atoms with Crippen LogP contribution in [0.3, 0.4) is 0 Å². The Labute approximate surface area is 195 Å². The summed E-state index contributed by atoms with van der Waals surface area (Å²) in [5.41, 5.74) is 2.16. The normalized spacial score (nSPS) is 15.1. The van der Waals surface area contributed by atoms with Crippen LogP contribution in [0.1, 0.15) is 16.7 Å². The van der Waals surface area contributed by atoms with Crippen LogP contribution < -0.4 is 0 Å². The molecule has 1 N–H and O–H groups in total. The Morgan fingerprint density at radius 3 is 2.38 bits per heavy atom. The van der Waals surface area contributed by atoms with Gasteiger partial charge in [-0.1, -0.05) is 42.5 Å². The number of benzene rings is 2. The van der Waals surface area contributed by atoms with Gasteiger partial charge in [-0.05, 0) is 29.3 Å². The Kier molecular flexibility index (Phi) is 6.02. The van der Waals surface area contributed by atoms with Crippen molar-refractivity contribution < 1.29 is 23.0 Å². The molecule has 176 valence electrons. The van der Waals surface area contributed by atoms with Crippen molar-refractivity contribution in [2.75, 3.05) is 26.3 Å². The van der Waals surface area contributed by atoms with E-state index in [2.05, 4.69) is 9.88 Å². The molecule has 0 bridgehead atoms. The molecular weight excluding hydrogens is 443 g/mol. The van der Waals surface area contributed by atoms with Gasteiger partial charge in [0.1, 0.15) is 0 Å². The highest BCUT2D eigenvalue weighted by Crippen LogP contribution is 2.40. The standard InChI is InChI=1S/C26H24F3N3O2/c27-26(28,29)21-7-3-1-5-19(21)17-32-23-8-4-2-6-20(23)24(25(32)33)22-10-9-18(15-30-22)16-31-11-13-34-14-12-31/h1-10,15,33H,11-14,16-17H2. The molecule has 2 aromatic carbocycles. The molecule has 5 rings (SSSR count). The van der Waals surface area contributed by atoms with Gasteiger partial charge in [-0.15, -0.1) is 0 Å². The van der Waals surface area contributed by atoms with Crippen LogP contribution in [0, 0.1) is 0 Å². The number of hydrogen-bond acceptors (Lipinski definition) is 4. The maximum Gasteiger partial charge on any atom is 0.416 e. The van der Waals surface area contributed by atoms with Crippen LogP contribution in [-0.4, -0.2) is 45.9 Å². The topological polar surface area (TPSA) is 50.5 Å². The van der Waals surface area contributed by atoms with E-state index in [0.29, 0.717) is 16.8 Å². The maximum atomic E-state index is 13.5. The van der Waals surface area contributed by atoms with Crippen LogP contribution in [-0.2, 0) is 24.0 Å². The first-order valence-corrected chi connectivity index (χ1v) is 11.1. The van der Waals surface area contributed by atoms with Gasteiger partial charge in [0.25, 0.3) is 0 Å². The Bertz CT molecular complexity index is 1290. The predicted octanol–water partition coefficient (Wildman–Crippen LogP) is 5.31. The molecule has 1 saturated heterocycles. The van der Waals surface area contributed by atoms with E-state index in [1.54, 1.807) is 24.4 Å². The van der Waals surface area contributed by atoms with Crippen molar-refractivity contribution in [1.82, 2.24) is 14.5 Å². The highest BCUT2D eigenvalue weighted by atomic mass is 19.4. The van der Waals surface area contributed by atoms with Crippen LogP contribution in [0.25, 0.3) is 22.2 Å². The minimum absolute atomic E-state index is 0.0893. The molecule has 1 aliphatic rings. The third kappa shape index (κ3) is 4.38. The second kappa shape index (κ2) is 9.12. The maximum absolute atomic E-state index is 13.5. The molecule has 0 aliphatic carbocycles. The molecular formula is C26H24F3N3O2. The Morgan fingerprint density at radius 1 is 0.912 bits per heavy atom. The van der Waals surface area contributed by atoms with Gasteiger partial charge in [-0.2, -0.15) is 13.2 Å². The van der Waals surface area contributed by atoms with Crippen LogP contribution in [0.15, 0.2) is 66.9 Å². The van der Waals surface area contributed by atoms with Crippen LogP contribution >= 0.6 is 0 Å². The minimum atomic E-state index is -4.48. The molecule has 1 fully saturated rings. The molecule has 0 spiro atoms. The van der Waals surface area contributed by atoms with E-state index < -0.39 is 11.7 Å². The second-order valence-corrected chi connectivity index (χ2v) is 8.40. The fourth-order valence-electron chi connectivity index (χ4n) is 4.49. The number of morpholine rings is 1. The smallest absolute Gasteiger partial charge is 0.416 e. The van der Waals surface area contributed by atoms with Crippen LogP contribution in [0.2, 0.25) is 0 Å². The molecule has 3 heterocycles. The lowest BCUT2D eigenvalue weighted by Gasteiger charge is -2.26. The van der Waals surface area contributed by atoms with Crippen molar-refractivity contribution in [3.63, 3.8) is 0 Å². The van der Waals surface area contributed by atoms with E-state index in [9.17, 15) is 18.3 Å². The average molecular weight is 467 g/mol. The van der Waals surface area contributed by atoms with Crippen LogP contribution in [0.5, 0.6) is 5.88 Å². The van der Waals surface area contributed by atoms with Crippen molar-refractivity contribution in [3.8, 4) is 17.1 Å². The average Bonchev–Trinajstić information content (AvgIpc) is 3.11. The third-order valence-corrected chi connectivity index (χ3v) is 6.19. The minimum Gasteiger partial charge on any atom is -0.494 e. The van der Waals surface area contributed by atoms with Crippen molar-refractivity contribution in [3.05, 3.63) is 83.6 Å². The SMILES string of the molecule is Oc1c(-c2ccc(CN3CCOCC3)cn2)c2ccccc2n1Cc1ccccc1C(F)(F)F. The number of rotatable bonds is 5. The molecule has 2 aromatic heterocycles. The third-order valence-electron chi connectivity index (χ3n) is 6.19. The summed E-state index contributed by atoms with van der Waals surface area (Å²) in [4.78, 5) is 6.88. The van der Waals surface area contributed by atoms with Crippen LogP contribution in [0.4, 0.5) is 13.2 Å². The van der Waals surface area contributed by atoms with Gasteiger partial charge >= 0.3 is 6.18 Å². The molecule has 1 aliphatic heterocycles. The number of ether oxygens (including phenoxy) is 1. The monoisotopic (exact) mass is 467 g/mol. The summed E-state index contributed by atoms with van der Waals surface area (Å²) in [5.74, 6) is -0.105. The molecule has 0 saturated carbocycles. The molecule has 0 radical (unpaired) electrons. The highest BCUT2D eigenvalue weighted by Gasteiger charge is 2.33. The molecule has 0 atom stereocenters. The van der Waals surface area contributed by atoms with E-state index in [-0.39, 0.29) is 18.0 Å². The van der Waals surface area contributed by atoms with Crippen molar-refractivity contribution in [1.29, 1.82) is 0 Å². The lowest BCUT2D eigenvalue weighted by molar-refractivity contribution is -0.138. The van der Waals surface area contributed by atoms with Gasteiger partial charge in [0.2, 0.25) is 5.88 Å². The van der Waals surface area contributed by atoms with Gasteiger partial charge in [0.05, 0.1) is 42.1 Å². The number of pyridine rings is 1. The summed E-state index contributed by atoms with van der Waals surface area (Å²) in [6.07, 6.45) is -2.69. The second-order valence-electron chi connectivity index (χ2n) is 8.40. The molecule has 8 heteroatoms. The molecule has 5 nitrogen and oxygen atoms in total. The zero-order chi connectivity index (χ0) is 23.7. The first-order chi connectivity index (χ1) is 16.4. The zero-order valence-electron chi connectivity index (χ0n) is 18.4.